The maximum atomic E-state index is 13.2. The summed E-state index contributed by atoms with van der Waals surface area (Å²) in [5.41, 5.74) is 5.82. The fraction of sp³-hybridized carbons (Fsp3) is 0.571. The van der Waals surface area contributed by atoms with Gasteiger partial charge < -0.3 is 10.6 Å². The molecule has 0 saturated heterocycles. The first-order valence-corrected chi connectivity index (χ1v) is 6.73. The van der Waals surface area contributed by atoms with Crippen LogP contribution in [0.5, 0.6) is 0 Å². The first-order chi connectivity index (χ1) is 9.01. The third-order valence-corrected chi connectivity index (χ3v) is 3.25. The van der Waals surface area contributed by atoms with Crippen LogP contribution < -0.4 is 5.73 Å². The average molecular weight is 267 g/mol. The lowest BCUT2D eigenvalue weighted by Crippen LogP contribution is -2.39. The van der Waals surface area contributed by atoms with E-state index >= 15 is 0 Å². The predicted octanol–water partition coefficient (Wildman–Crippen LogP) is 2.84. The van der Waals surface area contributed by atoms with E-state index in [1.807, 2.05) is 13.8 Å². The molecule has 19 heavy (non-hydrogen) atoms. The Morgan fingerprint density at radius 2 is 2.21 bits per heavy atom. The number of hydrogen-bond donors (Lipinski definition) is 1. The highest BCUT2D eigenvalue weighted by molar-refractivity contribution is 5.98. The topological polar surface area (TPSA) is 59.2 Å². The van der Waals surface area contributed by atoms with Crippen LogP contribution >= 0.6 is 0 Å². The van der Waals surface area contributed by atoms with Gasteiger partial charge >= 0.3 is 0 Å². The number of anilines is 1. The smallest absolute Gasteiger partial charge is 0.257 e. The Morgan fingerprint density at radius 3 is 2.79 bits per heavy atom. The molecule has 0 saturated carbocycles. The Kier molecular flexibility index (Phi) is 5.73. The predicted molar refractivity (Wildman–Crippen MR) is 74.3 cm³/mol. The molecule has 0 aliphatic carbocycles. The molecular weight excluding hydrogens is 245 g/mol. The molecule has 1 unspecified atom stereocenters. The number of aromatic nitrogens is 1. The number of pyridine rings is 1. The SMILES string of the molecule is CCCCN(C(=O)c1cc(F)cnc1N)C(C)CC. The Hall–Kier alpha value is -1.65. The van der Waals surface area contributed by atoms with Crippen LogP contribution in [0, 0.1) is 5.82 Å². The van der Waals surface area contributed by atoms with Gasteiger partial charge in [-0.05, 0) is 25.8 Å². The summed E-state index contributed by atoms with van der Waals surface area (Å²) >= 11 is 0. The zero-order valence-corrected chi connectivity index (χ0v) is 11.8. The third kappa shape index (κ3) is 3.91. The molecule has 5 heteroatoms. The average Bonchev–Trinajstić information content (AvgIpc) is 2.41. The van der Waals surface area contributed by atoms with Crippen molar-refractivity contribution in [3.63, 3.8) is 0 Å². The third-order valence-electron chi connectivity index (χ3n) is 3.25. The van der Waals surface area contributed by atoms with E-state index in [1.165, 1.54) is 0 Å². The largest absolute Gasteiger partial charge is 0.383 e. The van der Waals surface area contributed by atoms with E-state index in [-0.39, 0.29) is 23.3 Å². The van der Waals surface area contributed by atoms with Crippen molar-refractivity contribution in [2.24, 2.45) is 0 Å². The van der Waals surface area contributed by atoms with Crippen molar-refractivity contribution in [3.8, 4) is 0 Å². The Bertz CT molecular complexity index is 437. The van der Waals surface area contributed by atoms with Crippen LogP contribution in [0.15, 0.2) is 12.3 Å². The normalized spacial score (nSPS) is 12.2. The summed E-state index contributed by atoms with van der Waals surface area (Å²) < 4.78 is 13.2. The van der Waals surface area contributed by atoms with Crippen LogP contribution in [-0.4, -0.2) is 28.4 Å². The number of nitrogen functional groups attached to an aromatic ring is 1. The minimum atomic E-state index is -0.544. The highest BCUT2D eigenvalue weighted by atomic mass is 19.1. The molecule has 0 bridgehead atoms. The molecular formula is C14H22FN3O. The molecule has 1 amide bonds. The summed E-state index contributed by atoms with van der Waals surface area (Å²) in [5.74, 6) is -0.708. The fourth-order valence-corrected chi connectivity index (χ4v) is 1.85. The van der Waals surface area contributed by atoms with Gasteiger partial charge in [-0.15, -0.1) is 0 Å². The summed E-state index contributed by atoms with van der Waals surface area (Å²) in [6.07, 6.45) is 3.78. The summed E-state index contributed by atoms with van der Waals surface area (Å²) in [6, 6.07) is 1.26. The summed E-state index contributed by atoms with van der Waals surface area (Å²) in [5, 5.41) is 0. The monoisotopic (exact) mass is 267 g/mol. The maximum Gasteiger partial charge on any atom is 0.257 e. The minimum absolute atomic E-state index is 0.0798. The molecule has 0 radical (unpaired) electrons. The molecule has 0 aliphatic heterocycles. The van der Waals surface area contributed by atoms with E-state index < -0.39 is 5.82 Å². The van der Waals surface area contributed by atoms with E-state index in [0.717, 1.165) is 31.5 Å². The van der Waals surface area contributed by atoms with Gasteiger partial charge in [0.2, 0.25) is 0 Å². The number of nitrogens with zero attached hydrogens (tertiary/aromatic N) is 2. The van der Waals surface area contributed by atoms with Gasteiger partial charge in [-0.25, -0.2) is 9.37 Å². The second kappa shape index (κ2) is 7.07. The highest BCUT2D eigenvalue weighted by Gasteiger charge is 2.22. The van der Waals surface area contributed by atoms with Crippen LogP contribution in [-0.2, 0) is 0 Å². The number of halogens is 1. The Labute approximate surface area is 113 Å². The molecule has 106 valence electrons. The molecule has 1 atom stereocenters. The van der Waals surface area contributed by atoms with Crippen LogP contribution in [0.2, 0.25) is 0 Å². The van der Waals surface area contributed by atoms with Gasteiger partial charge in [0.25, 0.3) is 5.91 Å². The van der Waals surface area contributed by atoms with Crippen molar-refractivity contribution in [1.29, 1.82) is 0 Å². The Balaban J connectivity index is 3.00. The highest BCUT2D eigenvalue weighted by Crippen LogP contribution is 2.16. The van der Waals surface area contributed by atoms with Crippen LogP contribution in [0.1, 0.15) is 50.4 Å². The number of hydrogen-bond acceptors (Lipinski definition) is 3. The quantitative estimate of drug-likeness (QED) is 0.862. The molecule has 2 N–H and O–H groups in total. The van der Waals surface area contributed by atoms with Gasteiger partial charge in [0.05, 0.1) is 11.8 Å². The van der Waals surface area contributed by atoms with Gasteiger partial charge in [0.1, 0.15) is 11.6 Å². The molecule has 1 heterocycles. The van der Waals surface area contributed by atoms with Crippen molar-refractivity contribution >= 4 is 11.7 Å². The van der Waals surface area contributed by atoms with Crippen molar-refractivity contribution in [3.05, 3.63) is 23.6 Å². The molecule has 1 rings (SSSR count). The van der Waals surface area contributed by atoms with Crippen LogP contribution in [0.4, 0.5) is 10.2 Å². The molecule has 0 aromatic carbocycles. The summed E-state index contributed by atoms with van der Waals surface area (Å²) in [6.45, 7) is 6.72. The first-order valence-electron chi connectivity index (χ1n) is 6.73. The van der Waals surface area contributed by atoms with Gasteiger partial charge in [0.15, 0.2) is 0 Å². The number of carbonyl (C=O) groups excluding carboxylic acids is 1. The van der Waals surface area contributed by atoms with E-state index in [1.54, 1.807) is 4.90 Å². The number of nitrogens with two attached hydrogens (primary N) is 1. The van der Waals surface area contributed by atoms with E-state index in [4.69, 9.17) is 5.73 Å². The van der Waals surface area contributed by atoms with E-state index in [0.29, 0.717) is 6.54 Å². The maximum absolute atomic E-state index is 13.2. The van der Waals surface area contributed by atoms with Crippen LogP contribution in [0.25, 0.3) is 0 Å². The number of amides is 1. The molecule has 0 aliphatic rings. The fourth-order valence-electron chi connectivity index (χ4n) is 1.85. The zero-order chi connectivity index (χ0) is 14.4. The number of unbranched alkanes of at least 4 members (excludes halogenated alkanes) is 1. The zero-order valence-electron chi connectivity index (χ0n) is 11.8. The van der Waals surface area contributed by atoms with Crippen molar-refractivity contribution < 1.29 is 9.18 Å². The lowest BCUT2D eigenvalue weighted by molar-refractivity contribution is 0.0685. The molecule has 1 aromatic heterocycles. The number of rotatable bonds is 6. The second-order valence-electron chi connectivity index (χ2n) is 4.70. The number of carbonyl (C=O) groups is 1. The van der Waals surface area contributed by atoms with Gasteiger partial charge in [-0.1, -0.05) is 20.3 Å². The second-order valence-corrected chi connectivity index (χ2v) is 4.70. The standard InChI is InChI=1S/C14H22FN3O/c1-4-6-7-18(10(3)5-2)14(19)12-8-11(15)9-17-13(12)16/h8-10H,4-7H2,1-3H3,(H2,16,17). The van der Waals surface area contributed by atoms with Gasteiger partial charge in [-0.2, -0.15) is 0 Å². The van der Waals surface area contributed by atoms with Gasteiger partial charge in [-0.3, -0.25) is 4.79 Å². The van der Waals surface area contributed by atoms with Crippen molar-refractivity contribution in [2.45, 2.75) is 46.1 Å². The minimum Gasteiger partial charge on any atom is -0.383 e. The Morgan fingerprint density at radius 1 is 1.53 bits per heavy atom. The van der Waals surface area contributed by atoms with Crippen LogP contribution in [0.3, 0.4) is 0 Å². The lowest BCUT2D eigenvalue weighted by atomic mass is 10.1. The van der Waals surface area contributed by atoms with E-state index in [2.05, 4.69) is 11.9 Å². The van der Waals surface area contributed by atoms with Crippen molar-refractivity contribution in [2.75, 3.05) is 12.3 Å². The summed E-state index contributed by atoms with van der Waals surface area (Å²) in [4.78, 5) is 17.9. The molecule has 0 fully saturated rings. The van der Waals surface area contributed by atoms with Gasteiger partial charge in [0, 0.05) is 12.6 Å². The first kappa shape index (κ1) is 15.4. The lowest BCUT2D eigenvalue weighted by Gasteiger charge is -2.29. The molecule has 4 nitrogen and oxygen atoms in total. The molecule has 0 spiro atoms. The summed E-state index contributed by atoms with van der Waals surface area (Å²) in [7, 11) is 0. The van der Waals surface area contributed by atoms with Crippen molar-refractivity contribution in [1.82, 2.24) is 9.88 Å². The molecule has 1 aromatic rings. The van der Waals surface area contributed by atoms with E-state index in [9.17, 15) is 9.18 Å².